The molecule has 7 nitrogen and oxygen atoms in total. The minimum absolute atomic E-state index is 0.0470. The molecule has 10 heteroatoms. The molecule has 0 spiro atoms. The van der Waals surface area contributed by atoms with Crippen molar-refractivity contribution in [3.63, 3.8) is 0 Å². The summed E-state index contributed by atoms with van der Waals surface area (Å²) in [7, 11) is 3.08. The van der Waals surface area contributed by atoms with Gasteiger partial charge < -0.3 is 19.7 Å². The average Bonchev–Trinajstić information content (AvgIpc) is 3.49. The van der Waals surface area contributed by atoms with Crippen molar-refractivity contribution in [3.8, 4) is 11.5 Å². The van der Waals surface area contributed by atoms with E-state index in [0.717, 1.165) is 30.8 Å². The van der Waals surface area contributed by atoms with Gasteiger partial charge in [0.05, 0.1) is 30.5 Å². The van der Waals surface area contributed by atoms with Crippen molar-refractivity contribution in [1.29, 1.82) is 0 Å². The fraction of sp³-hybridized carbons (Fsp3) is 0.333. The molecule has 4 rings (SSSR count). The molecule has 0 saturated carbocycles. The minimum Gasteiger partial charge on any atom is -0.493 e. The average molecular weight is 522 g/mol. The fourth-order valence-corrected chi connectivity index (χ4v) is 5.60. The summed E-state index contributed by atoms with van der Waals surface area (Å²) in [6.07, 6.45) is 2.00. The van der Waals surface area contributed by atoms with Crippen molar-refractivity contribution >= 4 is 52.5 Å². The Morgan fingerprint density at radius 3 is 2.41 bits per heavy atom. The van der Waals surface area contributed by atoms with E-state index >= 15 is 0 Å². The zero-order chi connectivity index (χ0) is 24.4. The predicted molar refractivity (Wildman–Crippen MR) is 136 cm³/mol. The molecule has 0 aliphatic carbocycles. The van der Waals surface area contributed by atoms with Crippen LogP contribution in [0, 0.1) is 0 Å². The molecule has 2 amide bonds. The molecule has 1 fully saturated rings. The Bertz CT molecular complexity index is 1150. The molecule has 34 heavy (non-hydrogen) atoms. The number of likely N-dealkylation sites (tertiary alicyclic amines) is 1. The summed E-state index contributed by atoms with van der Waals surface area (Å²) in [6, 6.07) is 9.96. The maximum Gasteiger partial charge on any atom is 0.270 e. The van der Waals surface area contributed by atoms with Crippen LogP contribution < -0.4 is 19.7 Å². The lowest BCUT2D eigenvalue weighted by molar-refractivity contribution is -0.126. The number of allylic oxidation sites excluding steroid dienone is 1. The first-order valence-electron chi connectivity index (χ1n) is 10.8. The van der Waals surface area contributed by atoms with Crippen LogP contribution in [0.2, 0.25) is 10.0 Å². The van der Waals surface area contributed by atoms with Gasteiger partial charge in [-0.25, -0.2) is 0 Å². The number of carbonyl (C=O) groups is 2. The van der Waals surface area contributed by atoms with Gasteiger partial charge in [-0.15, -0.1) is 0 Å². The number of amides is 2. The lowest BCUT2D eigenvalue weighted by Crippen LogP contribution is -2.46. The number of nitrogens with one attached hydrogen (secondary N) is 1. The number of rotatable bonds is 6. The number of carbonyl (C=O) groups excluding carboxylic acids is 2. The van der Waals surface area contributed by atoms with Gasteiger partial charge in [-0.1, -0.05) is 35.0 Å². The summed E-state index contributed by atoms with van der Waals surface area (Å²) >= 11 is 13.8. The van der Waals surface area contributed by atoms with Crippen LogP contribution in [-0.2, 0) is 4.79 Å². The van der Waals surface area contributed by atoms with Crippen LogP contribution in [0.5, 0.6) is 11.5 Å². The van der Waals surface area contributed by atoms with E-state index < -0.39 is 5.50 Å². The molecule has 1 unspecified atom stereocenters. The molecule has 2 aromatic rings. The summed E-state index contributed by atoms with van der Waals surface area (Å²) in [5.41, 5.74) is 0.790. The van der Waals surface area contributed by atoms with Gasteiger partial charge in [0.15, 0.2) is 17.0 Å². The van der Waals surface area contributed by atoms with Crippen molar-refractivity contribution in [1.82, 2.24) is 10.2 Å². The SMILES string of the molecule is COc1ccc(N(C(=O)c2ccc(Cl)cc2Cl)C2NC(C(=O)N3CCCC3)=C(C)S2)cc1OC. The third-order valence-electron chi connectivity index (χ3n) is 5.78. The van der Waals surface area contributed by atoms with Crippen molar-refractivity contribution in [2.45, 2.75) is 25.3 Å². The van der Waals surface area contributed by atoms with Crippen molar-refractivity contribution in [2.75, 3.05) is 32.2 Å². The zero-order valence-corrected chi connectivity index (χ0v) is 21.4. The second-order valence-corrected chi connectivity index (χ2v) is 10.0. The molecule has 1 saturated heterocycles. The number of hydrogen-bond donors (Lipinski definition) is 1. The summed E-state index contributed by atoms with van der Waals surface area (Å²) < 4.78 is 10.8. The van der Waals surface area contributed by atoms with E-state index in [1.54, 1.807) is 42.3 Å². The highest BCUT2D eigenvalue weighted by molar-refractivity contribution is 8.04. The summed E-state index contributed by atoms with van der Waals surface area (Å²) in [5.74, 6) is 0.617. The van der Waals surface area contributed by atoms with Gasteiger partial charge in [0.2, 0.25) is 0 Å². The van der Waals surface area contributed by atoms with E-state index in [1.807, 2.05) is 11.8 Å². The molecular formula is C24H25Cl2N3O4S. The van der Waals surface area contributed by atoms with Gasteiger partial charge >= 0.3 is 0 Å². The van der Waals surface area contributed by atoms with Crippen LogP contribution in [0.15, 0.2) is 47.0 Å². The maximum absolute atomic E-state index is 13.8. The topological polar surface area (TPSA) is 71.1 Å². The maximum atomic E-state index is 13.8. The van der Waals surface area contributed by atoms with Gasteiger partial charge in [-0.05, 0) is 50.1 Å². The number of thioether (sulfide) groups is 1. The quantitative estimate of drug-likeness (QED) is 0.567. The van der Waals surface area contributed by atoms with Crippen LogP contribution in [0.3, 0.4) is 0 Å². The van der Waals surface area contributed by atoms with Crippen LogP contribution >= 0.6 is 35.0 Å². The first-order valence-corrected chi connectivity index (χ1v) is 12.4. The van der Waals surface area contributed by atoms with Crippen LogP contribution in [0.1, 0.15) is 30.1 Å². The second-order valence-electron chi connectivity index (χ2n) is 7.88. The molecular weight excluding hydrogens is 497 g/mol. The van der Waals surface area contributed by atoms with Gasteiger partial charge in [-0.2, -0.15) is 0 Å². The molecule has 0 bridgehead atoms. The number of hydrogen-bond acceptors (Lipinski definition) is 6. The molecule has 0 aromatic heterocycles. The van der Waals surface area contributed by atoms with Crippen molar-refractivity contribution < 1.29 is 19.1 Å². The van der Waals surface area contributed by atoms with Crippen LogP contribution in [0.4, 0.5) is 5.69 Å². The first kappa shape index (κ1) is 24.6. The van der Waals surface area contributed by atoms with Crippen LogP contribution in [0.25, 0.3) is 0 Å². The number of benzene rings is 2. The fourth-order valence-electron chi connectivity index (χ4n) is 4.02. The van der Waals surface area contributed by atoms with E-state index in [2.05, 4.69) is 5.32 Å². The van der Waals surface area contributed by atoms with Gasteiger partial charge in [-0.3, -0.25) is 14.5 Å². The van der Waals surface area contributed by atoms with Gasteiger partial charge in [0.1, 0.15) is 5.70 Å². The minimum atomic E-state index is -0.570. The Morgan fingerprint density at radius 1 is 1.06 bits per heavy atom. The number of halogens is 2. The second kappa shape index (κ2) is 10.4. The number of nitrogens with zero attached hydrogens (tertiary/aromatic N) is 2. The number of ether oxygens (including phenoxy) is 2. The lowest BCUT2D eigenvalue weighted by atomic mass is 10.1. The highest BCUT2D eigenvalue weighted by Gasteiger charge is 2.37. The third-order valence-corrected chi connectivity index (χ3v) is 7.43. The molecule has 2 heterocycles. The van der Waals surface area contributed by atoms with E-state index in [1.165, 1.54) is 24.9 Å². The molecule has 2 aliphatic heterocycles. The molecule has 1 atom stereocenters. The Labute approximate surface area is 213 Å². The molecule has 2 aromatic carbocycles. The molecule has 0 radical (unpaired) electrons. The highest BCUT2D eigenvalue weighted by Crippen LogP contribution is 2.39. The van der Waals surface area contributed by atoms with Crippen molar-refractivity contribution in [3.05, 3.63) is 62.6 Å². The Kier molecular flexibility index (Phi) is 7.50. The standard InChI is InChI=1S/C24H25Cl2N3O4S/c1-14-21(23(31)28-10-4-5-11-28)27-24(34-14)29(16-7-9-19(32-2)20(13-16)33-3)22(30)17-8-6-15(25)12-18(17)26/h6-9,12-13,24,27H,4-5,10-11H2,1-3H3. The predicted octanol–water partition coefficient (Wildman–Crippen LogP) is 5.13. The third kappa shape index (κ3) is 4.80. The van der Waals surface area contributed by atoms with E-state index in [9.17, 15) is 9.59 Å². The van der Waals surface area contributed by atoms with Crippen molar-refractivity contribution in [2.24, 2.45) is 0 Å². The Hall–Kier alpha value is -2.55. The van der Waals surface area contributed by atoms with Gasteiger partial charge in [0.25, 0.3) is 11.8 Å². The number of anilines is 1. The van der Waals surface area contributed by atoms with Crippen LogP contribution in [-0.4, -0.2) is 49.5 Å². The molecule has 180 valence electrons. The van der Waals surface area contributed by atoms with E-state index in [4.69, 9.17) is 32.7 Å². The smallest absolute Gasteiger partial charge is 0.270 e. The van der Waals surface area contributed by atoms with E-state index in [-0.39, 0.29) is 16.8 Å². The first-order chi connectivity index (χ1) is 16.3. The normalized spacial score (nSPS) is 17.6. The summed E-state index contributed by atoms with van der Waals surface area (Å²) in [5, 5.41) is 3.95. The highest BCUT2D eigenvalue weighted by atomic mass is 35.5. The van der Waals surface area contributed by atoms with Gasteiger partial charge in [0, 0.05) is 29.1 Å². The Morgan fingerprint density at radius 2 is 1.76 bits per heavy atom. The molecule has 1 N–H and O–H groups in total. The van der Waals surface area contributed by atoms with E-state index in [0.29, 0.717) is 33.5 Å². The zero-order valence-electron chi connectivity index (χ0n) is 19.1. The summed E-state index contributed by atoms with van der Waals surface area (Å²) in [6.45, 7) is 3.37. The Balaban J connectivity index is 1.71. The lowest BCUT2D eigenvalue weighted by Gasteiger charge is -2.30. The monoisotopic (exact) mass is 521 g/mol. The molecule has 2 aliphatic rings. The summed E-state index contributed by atoms with van der Waals surface area (Å²) in [4.78, 5) is 31.1. The largest absolute Gasteiger partial charge is 0.493 e. The number of methoxy groups -OCH3 is 2.